The lowest BCUT2D eigenvalue weighted by molar-refractivity contribution is 0.0949. The summed E-state index contributed by atoms with van der Waals surface area (Å²) < 4.78 is 5.68. The highest BCUT2D eigenvalue weighted by atomic mass is 35.5. The number of piperazine rings is 1. The number of carbonyl (C=O) groups excluding carboxylic acids is 1. The van der Waals surface area contributed by atoms with Crippen molar-refractivity contribution in [3.8, 4) is 5.75 Å². The second kappa shape index (κ2) is 13.9. The number of para-hydroxylation sites is 1. The molecule has 0 aliphatic carbocycles. The fraction of sp³-hybridized carbons (Fsp3) is 0.343. The first-order valence-corrected chi connectivity index (χ1v) is 15.8. The van der Waals surface area contributed by atoms with Crippen molar-refractivity contribution in [1.82, 2.24) is 20.0 Å². The molecule has 45 heavy (non-hydrogen) atoms. The summed E-state index contributed by atoms with van der Waals surface area (Å²) in [7, 11) is 5.86. The van der Waals surface area contributed by atoms with Crippen molar-refractivity contribution < 1.29 is 9.53 Å². The molecule has 0 saturated carbocycles. The van der Waals surface area contributed by atoms with Gasteiger partial charge in [0.1, 0.15) is 5.75 Å². The molecule has 9 nitrogen and oxygen atoms in total. The maximum atomic E-state index is 12.8. The van der Waals surface area contributed by atoms with Crippen LogP contribution < -0.4 is 15.4 Å². The standard InChI is InChI=1S/C35H40ClN7O2/c1-41-17-19-43(20-18-41)16-6-15-37-34(44)24-9-12-27(13-10-24)40-35-39-23-25-22-38-32(29-7-4-5-8-31(29)45-3)30-21-26(36)11-14-28(30)33(25)42(35)2/h4-5,7-14,21,23,35,40H,6,15-20,22H2,1-3H3,(H,37,44). The van der Waals surface area contributed by atoms with Crippen LogP contribution in [0.4, 0.5) is 5.69 Å². The molecule has 3 aliphatic rings. The fourth-order valence-electron chi connectivity index (χ4n) is 6.07. The van der Waals surface area contributed by atoms with Gasteiger partial charge >= 0.3 is 0 Å². The van der Waals surface area contributed by atoms with E-state index in [0.717, 1.165) is 84.3 Å². The van der Waals surface area contributed by atoms with Crippen LogP contribution in [-0.2, 0) is 0 Å². The van der Waals surface area contributed by atoms with Gasteiger partial charge in [0.25, 0.3) is 5.91 Å². The van der Waals surface area contributed by atoms with Gasteiger partial charge in [-0.15, -0.1) is 0 Å². The quantitative estimate of drug-likeness (QED) is 0.336. The highest BCUT2D eigenvalue weighted by Crippen LogP contribution is 2.36. The first-order valence-electron chi connectivity index (χ1n) is 15.4. The third-order valence-corrected chi connectivity index (χ3v) is 8.87. The Labute approximate surface area is 270 Å². The van der Waals surface area contributed by atoms with Gasteiger partial charge in [-0.05, 0) is 68.5 Å². The maximum Gasteiger partial charge on any atom is 0.251 e. The van der Waals surface area contributed by atoms with E-state index >= 15 is 0 Å². The zero-order valence-electron chi connectivity index (χ0n) is 26.1. The fourth-order valence-corrected chi connectivity index (χ4v) is 6.24. The smallest absolute Gasteiger partial charge is 0.251 e. The normalized spacial score (nSPS) is 18.5. The van der Waals surface area contributed by atoms with E-state index < -0.39 is 0 Å². The summed E-state index contributed by atoms with van der Waals surface area (Å²) in [5.41, 5.74) is 7.28. The SMILES string of the molecule is COc1ccccc1C1=NCC2=C(c3ccc(Cl)cc31)N(C)C(Nc1ccc(C(=O)NCCCN3CCN(C)CC3)cc1)N=C2. The highest BCUT2D eigenvalue weighted by Gasteiger charge is 2.30. The largest absolute Gasteiger partial charge is 0.496 e. The average Bonchev–Trinajstić information content (AvgIpc) is 3.22. The number of rotatable bonds is 9. The molecule has 2 N–H and O–H groups in total. The van der Waals surface area contributed by atoms with Gasteiger partial charge < -0.3 is 30.1 Å². The molecule has 0 aromatic heterocycles. The van der Waals surface area contributed by atoms with Crippen molar-refractivity contribution in [3.63, 3.8) is 0 Å². The molecule has 10 heteroatoms. The molecule has 3 heterocycles. The van der Waals surface area contributed by atoms with Gasteiger partial charge in [0, 0.05) is 84.5 Å². The van der Waals surface area contributed by atoms with Gasteiger partial charge in [-0.1, -0.05) is 29.8 Å². The highest BCUT2D eigenvalue weighted by molar-refractivity contribution is 6.31. The number of nitrogens with one attached hydrogen (secondary N) is 2. The van der Waals surface area contributed by atoms with Crippen LogP contribution in [0.2, 0.25) is 5.02 Å². The van der Waals surface area contributed by atoms with E-state index in [1.54, 1.807) is 7.11 Å². The first-order chi connectivity index (χ1) is 21.9. The molecule has 1 atom stereocenters. The number of anilines is 1. The summed E-state index contributed by atoms with van der Waals surface area (Å²) in [5.74, 6) is 0.702. The Morgan fingerprint density at radius 1 is 0.978 bits per heavy atom. The van der Waals surface area contributed by atoms with Gasteiger partial charge in [0.15, 0.2) is 6.29 Å². The van der Waals surface area contributed by atoms with Crippen LogP contribution in [0.3, 0.4) is 0 Å². The Morgan fingerprint density at radius 2 is 1.76 bits per heavy atom. The molecule has 3 aliphatic heterocycles. The number of carbonyl (C=O) groups is 1. The third kappa shape index (κ3) is 6.91. The van der Waals surface area contributed by atoms with E-state index in [9.17, 15) is 4.79 Å². The second-order valence-corrected chi connectivity index (χ2v) is 12.1. The Kier molecular flexibility index (Phi) is 9.49. The summed E-state index contributed by atoms with van der Waals surface area (Å²) in [4.78, 5) is 29.6. The molecular formula is C35H40ClN7O2. The predicted molar refractivity (Wildman–Crippen MR) is 183 cm³/mol. The summed E-state index contributed by atoms with van der Waals surface area (Å²) in [5, 5.41) is 7.22. The number of benzene rings is 3. The van der Waals surface area contributed by atoms with Crippen molar-refractivity contribution in [1.29, 1.82) is 0 Å². The number of fused-ring (bicyclic) bond motifs is 2. The van der Waals surface area contributed by atoms with Gasteiger partial charge in [-0.3, -0.25) is 9.79 Å². The predicted octanol–water partition coefficient (Wildman–Crippen LogP) is 4.69. The van der Waals surface area contributed by atoms with Crippen molar-refractivity contribution in [3.05, 3.63) is 99.6 Å². The number of amides is 1. The van der Waals surface area contributed by atoms with E-state index in [1.165, 1.54) is 0 Å². The van der Waals surface area contributed by atoms with Crippen LogP contribution in [0.25, 0.3) is 5.70 Å². The lowest BCUT2D eigenvalue weighted by Gasteiger charge is -2.34. The van der Waals surface area contributed by atoms with E-state index in [-0.39, 0.29) is 12.2 Å². The number of aliphatic imine (C=N–C) groups is 2. The Bertz CT molecular complexity index is 1630. The van der Waals surface area contributed by atoms with Gasteiger partial charge in [0.05, 0.1) is 25.1 Å². The van der Waals surface area contributed by atoms with E-state index in [1.807, 2.05) is 73.9 Å². The van der Waals surface area contributed by atoms with E-state index in [4.69, 9.17) is 26.3 Å². The maximum absolute atomic E-state index is 12.8. The third-order valence-electron chi connectivity index (χ3n) is 8.63. The summed E-state index contributed by atoms with van der Waals surface area (Å²) in [6.07, 6.45) is 2.50. The van der Waals surface area contributed by atoms with Crippen LogP contribution in [0, 0.1) is 0 Å². The van der Waals surface area contributed by atoms with Crippen molar-refractivity contribution in [2.75, 3.05) is 72.3 Å². The molecule has 3 aromatic rings. The molecule has 1 amide bonds. The molecule has 0 bridgehead atoms. The molecule has 0 radical (unpaired) electrons. The minimum absolute atomic E-state index is 0.0536. The monoisotopic (exact) mass is 625 g/mol. The molecule has 3 aromatic carbocycles. The molecule has 1 unspecified atom stereocenters. The van der Waals surface area contributed by atoms with E-state index in [2.05, 4.69) is 38.4 Å². The molecule has 1 saturated heterocycles. The number of ether oxygens (including phenoxy) is 1. The number of likely N-dealkylation sites (N-methyl/N-ethyl adjacent to an activating group) is 1. The Hall–Kier alpha value is -4.18. The average molecular weight is 626 g/mol. The second-order valence-electron chi connectivity index (χ2n) is 11.7. The first kappa shape index (κ1) is 30.8. The van der Waals surface area contributed by atoms with Crippen LogP contribution in [0.5, 0.6) is 5.75 Å². The molecule has 234 valence electrons. The van der Waals surface area contributed by atoms with Gasteiger partial charge in [-0.2, -0.15) is 0 Å². The number of methoxy groups -OCH3 is 1. The van der Waals surface area contributed by atoms with Crippen LogP contribution in [0.1, 0.15) is 33.5 Å². The summed E-state index contributed by atoms with van der Waals surface area (Å²) in [6, 6.07) is 21.4. The topological polar surface area (TPSA) is 84.8 Å². The van der Waals surface area contributed by atoms with Crippen molar-refractivity contribution in [2.45, 2.75) is 12.7 Å². The van der Waals surface area contributed by atoms with Crippen LogP contribution in [0.15, 0.2) is 82.3 Å². The Morgan fingerprint density at radius 3 is 2.53 bits per heavy atom. The lowest BCUT2D eigenvalue weighted by atomic mass is 9.94. The van der Waals surface area contributed by atoms with Crippen LogP contribution >= 0.6 is 11.6 Å². The zero-order chi connectivity index (χ0) is 31.3. The van der Waals surface area contributed by atoms with Crippen molar-refractivity contribution >= 4 is 40.8 Å². The zero-order valence-corrected chi connectivity index (χ0v) is 26.8. The number of hydrogen-bond donors (Lipinski definition) is 2. The van der Waals surface area contributed by atoms with E-state index in [0.29, 0.717) is 23.7 Å². The molecular weight excluding hydrogens is 586 g/mol. The molecule has 0 spiro atoms. The number of nitrogens with zero attached hydrogens (tertiary/aromatic N) is 5. The number of hydrogen-bond acceptors (Lipinski definition) is 8. The minimum atomic E-state index is -0.352. The summed E-state index contributed by atoms with van der Waals surface area (Å²) >= 11 is 6.52. The van der Waals surface area contributed by atoms with Gasteiger partial charge in [-0.25, -0.2) is 4.99 Å². The van der Waals surface area contributed by atoms with Crippen molar-refractivity contribution in [2.24, 2.45) is 9.98 Å². The van der Waals surface area contributed by atoms with Gasteiger partial charge in [0.2, 0.25) is 0 Å². The molecule has 1 fully saturated rings. The lowest BCUT2D eigenvalue weighted by Crippen LogP contribution is -2.45. The molecule has 6 rings (SSSR count). The summed E-state index contributed by atoms with van der Waals surface area (Å²) in [6.45, 7) is 6.54. The minimum Gasteiger partial charge on any atom is -0.496 e. The Balaban J connectivity index is 1.12. The van der Waals surface area contributed by atoms with Crippen LogP contribution in [-0.4, -0.2) is 106 Å². The number of halogens is 1.